The summed E-state index contributed by atoms with van der Waals surface area (Å²) in [5.74, 6) is -0.245. The highest BCUT2D eigenvalue weighted by atomic mass is 32.2. The lowest BCUT2D eigenvalue weighted by molar-refractivity contribution is 0.0865. The van der Waals surface area contributed by atoms with Crippen LogP contribution in [0.2, 0.25) is 0 Å². The first-order valence-corrected chi connectivity index (χ1v) is 9.98. The van der Waals surface area contributed by atoms with Gasteiger partial charge in [0, 0.05) is 20.8 Å². The maximum Gasteiger partial charge on any atom is 0.178 e. The van der Waals surface area contributed by atoms with Crippen molar-refractivity contribution >= 4 is 29.3 Å². The number of Topliss-reactive ketones (excluding diaryl/α,β-unsaturated/α-hetero) is 1. The van der Waals surface area contributed by atoms with E-state index in [-0.39, 0.29) is 17.3 Å². The van der Waals surface area contributed by atoms with E-state index in [9.17, 15) is 15.0 Å². The van der Waals surface area contributed by atoms with E-state index in [1.165, 1.54) is 17.8 Å². The summed E-state index contributed by atoms with van der Waals surface area (Å²) in [7, 11) is 0. The van der Waals surface area contributed by atoms with E-state index in [4.69, 9.17) is 0 Å². The normalized spacial score (nSPS) is 15.5. The van der Waals surface area contributed by atoms with Crippen molar-refractivity contribution < 1.29 is 15.0 Å². The molecule has 0 atom stereocenters. The molecule has 0 aromatic heterocycles. The molecule has 2 N–H and O–H groups in total. The molecule has 0 unspecified atom stereocenters. The molecule has 3 nitrogen and oxygen atoms in total. The zero-order chi connectivity index (χ0) is 17.5. The molecule has 0 bridgehead atoms. The Hall–Kier alpha value is -1.59. The number of benzene rings is 2. The molecule has 0 fully saturated rings. The third-order valence-corrected chi connectivity index (χ3v) is 6.70. The molecule has 0 saturated carbocycles. The molecule has 1 aliphatic rings. The Kier molecular flexibility index (Phi) is 4.58. The van der Waals surface area contributed by atoms with Crippen LogP contribution >= 0.6 is 23.5 Å². The molecule has 24 heavy (non-hydrogen) atoms. The van der Waals surface area contributed by atoms with Crippen molar-refractivity contribution in [3.63, 3.8) is 0 Å². The predicted octanol–water partition coefficient (Wildman–Crippen LogP) is 5.23. The first-order valence-electron chi connectivity index (χ1n) is 7.94. The second kappa shape index (κ2) is 6.37. The summed E-state index contributed by atoms with van der Waals surface area (Å²) in [6, 6.07) is 8.99. The standard InChI is InChI=1S/C19H20O3S2/c1-4-19(5-2)13-10-12(23-3)6-7-15(13)24-16-9-11(20)8-14(21)17(16)18(19)22/h6-10,20-21H,4-5H2,1-3H3. The van der Waals surface area contributed by atoms with Crippen LogP contribution in [0.3, 0.4) is 0 Å². The van der Waals surface area contributed by atoms with Crippen molar-refractivity contribution in [2.75, 3.05) is 6.26 Å². The van der Waals surface area contributed by atoms with Crippen molar-refractivity contribution in [2.24, 2.45) is 0 Å². The fourth-order valence-corrected chi connectivity index (χ4v) is 5.08. The number of ketones is 1. The first kappa shape index (κ1) is 17.2. The van der Waals surface area contributed by atoms with E-state index >= 15 is 0 Å². The molecule has 1 aliphatic heterocycles. The maximum atomic E-state index is 13.5. The predicted molar refractivity (Wildman–Crippen MR) is 98.7 cm³/mol. The van der Waals surface area contributed by atoms with Crippen molar-refractivity contribution in [3.8, 4) is 11.5 Å². The molecule has 0 amide bonds. The quantitative estimate of drug-likeness (QED) is 0.735. The van der Waals surface area contributed by atoms with Gasteiger partial charge in [-0.2, -0.15) is 0 Å². The van der Waals surface area contributed by atoms with Gasteiger partial charge in [-0.1, -0.05) is 25.6 Å². The third-order valence-electron chi connectivity index (χ3n) is 4.86. The molecule has 2 aromatic rings. The molecule has 0 aliphatic carbocycles. The Morgan fingerprint density at radius 1 is 1.08 bits per heavy atom. The van der Waals surface area contributed by atoms with Crippen LogP contribution in [0.1, 0.15) is 42.6 Å². The summed E-state index contributed by atoms with van der Waals surface area (Å²) in [5.41, 5.74) is 0.682. The number of rotatable bonds is 3. The van der Waals surface area contributed by atoms with Gasteiger partial charge in [0.25, 0.3) is 0 Å². The number of hydrogen-bond donors (Lipinski definition) is 2. The summed E-state index contributed by atoms with van der Waals surface area (Å²) in [6.45, 7) is 4.04. The number of phenols is 2. The number of aromatic hydroxyl groups is 2. The van der Waals surface area contributed by atoms with Crippen molar-refractivity contribution in [1.82, 2.24) is 0 Å². The number of hydrogen-bond acceptors (Lipinski definition) is 5. The molecular weight excluding hydrogens is 340 g/mol. The van der Waals surface area contributed by atoms with Gasteiger partial charge in [-0.25, -0.2) is 0 Å². The minimum Gasteiger partial charge on any atom is -0.508 e. The van der Waals surface area contributed by atoms with Gasteiger partial charge in [-0.05, 0) is 48.9 Å². The van der Waals surface area contributed by atoms with Crippen molar-refractivity contribution in [1.29, 1.82) is 0 Å². The second-order valence-corrected chi connectivity index (χ2v) is 7.88. The van der Waals surface area contributed by atoms with Crippen LogP contribution < -0.4 is 0 Å². The fourth-order valence-electron chi connectivity index (χ4n) is 3.43. The van der Waals surface area contributed by atoms with Gasteiger partial charge in [0.15, 0.2) is 5.78 Å². The van der Waals surface area contributed by atoms with Crippen molar-refractivity contribution in [3.05, 3.63) is 41.5 Å². The largest absolute Gasteiger partial charge is 0.508 e. The zero-order valence-corrected chi connectivity index (χ0v) is 15.6. The Morgan fingerprint density at radius 3 is 2.42 bits per heavy atom. The highest BCUT2D eigenvalue weighted by Crippen LogP contribution is 2.50. The highest BCUT2D eigenvalue weighted by Gasteiger charge is 2.43. The number of carbonyl (C=O) groups is 1. The Bertz CT molecular complexity index is 810. The zero-order valence-electron chi connectivity index (χ0n) is 13.9. The van der Waals surface area contributed by atoms with Crippen LogP contribution in [-0.4, -0.2) is 22.3 Å². The molecule has 0 saturated heterocycles. The van der Waals surface area contributed by atoms with Crippen molar-refractivity contribution in [2.45, 2.75) is 46.8 Å². The summed E-state index contributed by atoms with van der Waals surface area (Å²) >= 11 is 3.09. The van der Waals surface area contributed by atoms with Gasteiger partial charge in [0.1, 0.15) is 11.5 Å². The van der Waals surface area contributed by atoms with Crippen LogP contribution in [0.5, 0.6) is 11.5 Å². The van der Waals surface area contributed by atoms with E-state index in [0.29, 0.717) is 23.3 Å². The number of thioether (sulfide) groups is 1. The average Bonchev–Trinajstić information content (AvgIpc) is 2.66. The van der Waals surface area contributed by atoms with E-state index in [1.54, 1.807) is 17.8 Å². The van der Waals surface area contributed by atoms with Gasteiger partial charge in [-0.15, -0.1) is 11.8 Å². The minimum atomic E-state index is -0.659. The summed E-state index contributed by atoms with van der Waals surface area (Å²) in [5, 5.41) is 20.2. The lowest BCUT2D eigenvalue weighted by atomic mass is 9.70. The monoisotopic (exact) mass is 360 g/mol. The number of phenolic OH excluding ortho intramolecular Hbond substituents is 2. The number of fused-ring (bicyclic) bond motifs is 2. The number of carbonyl (C=O) groups excluding carboxylic acids is 1. The van der Waals surface area contributed by atoms with Gasteiger partial charge in [0.05, 0.1) is 11.0 Å². The van der Waals surface area contributed by atoms with E-state index < -0.39 is 5.41 Å². The molecule has 5 heteroatoms. The van der Waals surface area contributed by atoms with Crippen LogP contribution in [0.4, 0.5) is 0 Å². The van der Waals surface area contributed by atoms with Gasteiger partial charge >= 0.3 is 0 Å². The fraction of sp³-hybridized carbons (Fsp3) is 0.316. The van der Waals surface area contributed by atoms with E-state index in [0.717, 1.165) is 15.4 Å². The summed E-state index contributed by atoms with van der Waals surface area (Å²) in [4.78, 5) is 16.2. The second-order valence-electron chi connectivity index (χ2n) is 5.92. The van der Waals surface area contributed by atoms with Crippen LogP contribution in [0.15, 0.2) is 45.0 Å². The van der Waals surface area contributed by atoms with Crippen LogP contribution in [0.25, 0.3) is 0 Å². The maximum absolute atomic E-state index is 13.5. The Balaban J connectivity index is 2.36. The molecule has 1 heterocycles. The molecular formula is C19H20O3S2. The van der Waals surface area contributed by atoms with Gasteiger partial charge in [-0.3, -0.25) is 4.79 Å². The lowest BCUT2D eigenvalue weighted by Gasteiger charge is -2.31. The van der Waals surface area contributed by atoms with Gasteiger partial charge in [0.2, 0.25) is 0 Å². The Morgan fingerprint density at radius 2 is 1.79 bits per heavy atom. The lowest BCUT2D eigenvalue weighted by Crippen LogP contribution is -2.35. The van der Waals surface area contributed by atoms with Crippen LogP contribution in [0, 0.1) is 0 Å². The smallest absolute Gasteiger partial charge is 0.178 e. The summed E-state index contributed by atoms with van der Waals surface area (Å²) < 4.78 is 0. The molecule has 2 aromatic carbocycles. The SMILES string of the molecule is CCC1(CC)C(=O)c2c(O)cc(O)cc2Sc2ccc(SC)cc21. The molecule has 3 rings (SSSR count). The highest BCUT2D eigenvalue weighted by molar-refractivity contribution is 7.99. The van der Waals surface area contributed by atoms with E-state index in [2.05, 4.69) is 6.07 Å². The molecule has 0 radical (unpaired) electrons. The summed E-state index contributed by atoms with van der Waals surface area (Å²) in [6.07, 6.45) is 3.34. The molecule has 126 valence electrons. The Labute approximate surface area is 150 Å². The molecule has 0 spiro atoms. The topological polar surface area (TPSA) is 57.5 Å². The minimum absolute atomic E-state index is 0.0330. The van der Waals surface area contributed by atoms with E-state index in [1.807, 2.05) is 32.2 Å². The van der Waals surface area contributed by atoms with Crippen LogP contribution in [-0.2, 0) is 5.41 Å². The van der Waals surface area contributed by atoms with Gasteiger partial charge < -0.3 is 10.2 Å². The third kappa shape index (κ3) is 2.50. The first-order chi connectivity index (χ1) is 11.5. The average molecular weight is 361 g/mol.